The second kappa shape index (κ2) is 6.46. The summed E-state index contributed by atoms with van der Waals surface area (Å²) >= 11 is 0. The van der Waals surface area contributed by atoms with E-state index in [2.05, 4.69) is 54.9 Å². The molecule has 0 spiro atoms. The van der Waals surface area contributed by atoms with Gasteiger partial charge in [0.1, 0.15) is 0 Å². The van der Waals surface area contributed by atoms with E-state index in [-0.39, 0.29) is 0 Å². The van der Waals surface area contributed by atoms with Crippen LogP contribution in [-0.2, 0) is 4.74 Å². The third-order valence-corrected chi connectivity index (χ3v) is 5.73. The number of hydrogen-bond donors (Lipinski definition) is 0. The number of ether oxygens (including phenoxy) is 1. The summed E-state index contributed by atoms with van der Waals surface area (Å²) in [5.74, 6) is 0. The van der Waals surface area contributed by atoms with E-state index < -0.39 is 0 Å². The summed E-state index contributed by atoms with van der Waals surface area (Å²) in [6.45, 7) is 5.96. The molecular weight excluding hydrogens is 334 g/mol. The van der Waals surface area contributed by atoms with Gasteiger partial charge in [-0.25, -0.2) is 0 Å². The van der Waals surface area contributed by atoms with Crippen molar-refractivity contribution < 1.29 is 4.74 Å². The van der Waals surface area contributed by atoms with E-state index in [0.717, 1.165) is 37.0 Å². The largest absolute Gasteiger partial charge is 0.381 e. The first kappa shape index (κ1) is 16.5. The normalized spacial score (nSPS) is 15.6. The minimum Gasteiger partial charge on any atom is -0.381 e. The number of aryl methyl sites for hydroxylation is 2. The van der Waals surface area contributed by atoms with Gasteiger partial charge in [-0.1, -0.05) is 30.3 Å². The predicted molar refractivity (Wildman–Crippen MR) is 109 cm³/mol. The summed E-state index contributed by atoms with van der Waals surface area (Å²) in [5, 5.41) is 6.98. The predicted octanol–water partition coefficient (Wildman–Crippen LogP) is 5.22. The Morgan fingerprint density at radius 2 is 1.78 bits per heavy atom. The average Bonchev–Trinajstić information content (AvgIpc) is 3.13. The summed E-state index contributed by atoms with van der Waals surface area (Å²) in [4.78, 5) is 4.74. The SMILES string of the molecule is Cc1cccc(C)c1-c1ccc2c(c1)ncc1cnn(C3CCOCC3)c12. The highest BCUT2D eigenvalue weighted by atomic mass is 16.5. The third kappa shape index (κ3) is 2.72. The van der Waals surface area contributed by atoms with Crippen LogP contribution in [0, 0.1) is 13.8 Å². The van der Waals surface area contributed by atoms with Gasteiger partial charge in [-0.15, -0.1) is 0 Å². The van der Waals surface area contributed by atoms with Gasteiger partial charge in [-0.05, 0) is 55.0 Å². The van der Waals surface area contributed by atoms with Crippen molar-refractivity contribution in [3.8, 4) is 11.1 Å². The van der Waals surface area contributed by atoms with Gasteiger partial charge in [-0.3, -0.25) is 9.67 Å². The molecule has 0 saturated carbocycles. The van der Waals surface area contributed by atoms with Crippen LogP contribution in [-0.4, -0.2) is 28.0 Å². The van der Waals surface area contributed by atoms with E-state index in [1.807, 2.05) is 12.4 Å². The molecule has 2 aromatic carbocycles. The maximum atomic E-state index is 5.53. The maximum Gasteiger partial charge on any atom is 0.0795 e. The molecule has 0 radical (unpaired) electrons. The van der Waals surface area contributed by atoms with Crippen molar-refractivity contribution in [2.75, 3.05) is 13.2 Å². The fourth-order valence-corrected chi connectivity index (χ4v) is 4.36. The number of rotatable bonds is 2. The monoisotopic (exact) mass is 357 g/mol. The van der Waals surface area contributed by atoms with Gasteiger partial charge < -0.3 is 4.74 Å². The van der Waals surface area contributed by atoms with Crippen molar-refractivity contribution in [1.82, 2.24) is 14.8 Å². The molecule has 4 nitrogen and oxygen atoms in total. The molecule has 0 N–H and O–H groups in total. The molecule has 136 valence electrons. The van der Waals surface area contributed by atoms with Crippen molar-refractivity contribution in [2.45, 2.75) is 32.7 Å². The van der Waals surface area contributed by atoms with E-state index in [1.54, 1.807) is 0 Å². The van der Waals surface area contributed by atoms with Crippen molar-refractivity contribution in [2.24, 2.45) is 0 Å². The first-order valence-electron chi connectivity index (χ1n) is 9.63. The van der Waals surface area contributed by atoms with Crippen LogP contribution in [0.25, 0.3) is 32.9 Å². The number of fused-ring (bicyclic) bond motifs is 3. The van der Waals surface area contributed by atoms with Crippen LogP contribution in [0.1, 0.15) is 30.0 Å². The first-order valence-corrected chi connectivity index (χ1v) is 9.63. The van der Waals surface area contributed by atoms with Crippen LogP contribution < -0.4 is 0 Å². The van der Waals surface area contributed by atoms with Gasteiger partial charge in [0.2, 0.25) is 0 Å². The smallest absolute Gasteiger partial charge is 0.0795 e. The Kier molecular flexibility index (Phi) is 3.94. The standard InChI is InChI=1S/C23H23N3O/c1-15-4-3-5-16(2)22(15)17-6-7-20-21(12-17)24-13-18-14-25-26(23(18)20)19-8-10-27-11-9-19/h3-7,12-14,19H,8-11H2,1-2H3. The lowest BCUT2D eigenvalue weighted by Crippen LogP contribution is -2.20. The Hall–Kier alpha value is -2.72. The van der Waals surface area contributed by atoms with Crippen LogP contribution in [0.4, 0.5) is 0 Å². The molecule has 2 aromatic heterocycles. The van der Waals surface area contributed by atoms with Crippen LogP contribution in [0.5, 0.6) is 0 Å². The molecule has 1 saturated heterocycles. The van der Waals surface area contributed by atoms with Crippen LogP contribution in [0.2, 0.25) is 0 Å². The highest BCUT2D eigenvalue weighted by Gasteiger charge is 2.20. The number of pyridine rings is 1. The lowest BCUT2D eigenvalue weighted by molar-refractivity contribution is 0.0675. The molecule has 0 bridgehead atoms. The van der Waals surface area contributed by atoms with Crippen molar-refractivity contribution in [1.29, 1.82) is 0 Å². The summed E-state index contributed by atoms with van der Waals surface area (Å²) in [6.07, 6.45) is 5.92. The molecule has 0 unspecified atom stereocenters. The fraction of sp³-hybridized carbons (Fsp3) is 0.304. The lowest BCUT2D eigenvalue weighted by Gasteiger charge is -2.23. The zero-order chi connectivity index (χ0) is 18.4. The number of aromatic nitrogens is 3. The topological polar surface area (TPSA) is 39.9 Å². The summed E-state index contributed by atoms with van der Waals surface area (Å²) in [6, 6.07) is 13.5. The molecule has 1 aliphatic heterocycles. The van der Waals surface area contributed by atoms with Gasteiger partial charge >= 0.3 is 0 Å². The molecule has 0 atom stereocenters. The van der Waals surface area contributed by atoms with Crippen molar-refractivity contribution >= 4 is 21.8 Å². The van der Waals surface area contributed by atoms with E-state index in [1.165, 1.54) is 33.2 Å². The Morgan fingerprint density at radius 3 is 2.56 bits per heavy atom. The summed E-state index contributed by atoms with van der Waals surface area (Å²) < 4.78 is 7.73. The van der Waals surface area contributed by atoms with Crippen molar-refractivity contribution in [3.05, 3.63) is 59.9 Å². The molecule has 3 heterocycles. The minimum atomic E-state index is 0.403. The van der Waals surface area contributed by atoms with Crippen molar-refractivity contribution in [3.63, 3.8) is 0 Å². The second-order valence-corrected chi connectivity index (χ2v) is 7.49. The highest BCUT2D eigenvalue weighted by Crippen LogP contribution is 2.33. The summed E-state index contributed by atoms with van der Waals surface area (Å²) in [5.41, 5.74) is 7.34. The van der Waals surface area contributed by atoms with E-state index in [4.69, 9.17) is 14.8 Å². The van der Waals surface area contributed by atoms with E-state index in [9.17, 15) is 0 Å². The zero-order valence-corrected chi connectivity index (χ0v) is 15.8. The van der Waals surface area contributed by atoms with E-state index in [0.29, 0.717) is 6.04 Å². The van der Waals surface area contributed by atoms with Crippen LogP contribution in [0.15, 0.2) is 48.8 Å². The third-order valence-electron chi connectivity index (χ3n) is 5.73. The fourth-order valence-electron chi connectivity index (χ4n) is 4.36. The molecular formula is C23H23N3O. The molecule has 27 heavy (non-hydrogen) atoms. The second-order valence-electron chi connectivity index (χ2n) is 7.49. The average molecular weight is 357 g/mol. The Balaban J connectivity index is 1.69. The molecule has 0 aliphatic carbocycles. The van der Waals surface area contributed by atoms with Gasteiger partial charge in [0, 0.05) is 30.2 Å². The number of nitrogens with zero attached hydrogens (tertiary/aromatic N) is 3. The summed E-state index contributed by atoms with van der Waals surface area (Å²) in [7, 11) is 0. The minimum absolute atomic E-state index is 0.403. The quantitative estimate of drug-likeness (QED) is 0.494. The molecule has 1 fully saturated rings. The van der Waals surface area contributed by atoms with Gasteiger partial charge in [0.15, 0.2) is 0 Å². The molecule has 4 heteroatoms. The van der Waals surface area contributed by atoms with Gasteiger partial charge in [0.25, 0.3) is 0 Å². The van der Waals surface area contributed by atoms with E-state index >= 15 is 0 Å². The molecule has 0 amide bonds. The number of hydrogen-bond acceptors (Lipinski definition) is 3. The highest BCUT2D eigenvalue weighted by molar-refractivity contribution is 6.04. The maximum absolute atomic E-state index is 5.53. The molecule has 5 rings (SSSR count). The molecule has 4 aromatic rings. The zero-order valence-electron chi connectivity index (χ0n) is 15.8. The van der Waals surface area contributed by atoms with Gasteiger partial charge in [-0.2, -0.15) is 5.10 Å². The Morgan fingerprint density at radius 1 is 1.00 bits per heavy atom. The first-order chi connectivity index (χ1) is 13.2. The van der Waals surface area contributed by atoms with Gasteiger partial charge in [0.05, 0.1) is 23.3 Å². The lowest BCUT2D eigenvalue weighted by atomic mass is 9.95. The molecule has 1 aliphatic rings. The Bertz CT molecular complexity index is 1120. The number of benzene rings is 2. The Labute approximate surface area is 158 Å². The van der Waals surface area contributed by atoms with Crippen LogP contribution >= 0.6 is 0 Å². The van der Waals surface area contributed by atoms with Crippen LogP contribution in [0.3, 0.4) is 0 Å².